The smallest absolute Gasteiger partial charge is 0.305 e. The van der Waals surface area contributed by atoms with Gasteiger partial charge in [-0.05, 0) is 43.9 Å². The van der Waals surface area contributed by atoms with Crippen LogP contribution in [0.5, 0.6) is 5.75 Å². The van der Waals surface area contributed by atoms with Gasteiger partial charge >= 0.3 is 5.97 Å². The molecule has 0 radical (unpaired) electrons. The van der Waals surface area contributed by atoms with Gasteiger partial charge in [0.2, 0.25) is 0 Å². The summed E-state index contributed by atoms with van der Waals surface area (Å²) in [6, 6.07) is 6.12. The predicted molar refractivity (Wildman–Crippen MR) is 77.6 cm³/mol. The summed E-state index contributed by atoms with van der Waals surface area (Å²) in [6.45, 7) is 4.32. The summed E-state index contributed by atoms with van der Waals surface area (Å²) in [4.78, 5) is 11.3. The van der Waals surface area contributed by atoms with Gasteiger partial charge in [0.25, 0.3) is 0 Å². The third kappa shape index (κ3) is 3.73. The van der Waals surface area contributed by atoms with Gasteiger partial charge in [0.15, 0.2) is 0 Å². The number of benzene rings is 1. The van der Waals surface area contributed by atoms with E-state index in [1.165, 1.54) is 5.56 Å². The summed E-state index contributed by atoms with van der Waals surface area (Å²) in [7, 11) is 0. The molecule has 2 N–H and O–H groups in total. The van der Waals surface area contributed by atoms with Gasteiger partial charge in [0.05, 0.1) is 6.61 Å². The first kappa shape index (κ1) is 14.9. The van der Waals surface area contributed by atoms with Crippen LogP contribution in [0.4, 0.5) is 0 Å². The first-order chi connectivity index (χ1) is 9.60. The summed E-state index contributed by atoms with van der Waals surface area (Å²) in [5.74, 6) is 0.829. The average molecular weight is 277 g/mol. The minimum atomic E-state index is -0.143. The van der Waals surface area contributed by atoms with Crippen LogP contribution in [0.15, 0.2) is 18.2 Å². The van der Waals surface area contributed by atoms with Crippen molar-refractivity contribution in [1.82, 2.24) is 0 Å². The van der Waals surface area contributed by atoms with Crippen molar-refractivity contribution in [3.8, 4) is 5.75 Å². The van der Waals surface area contributed by atoms with Gasteiger partial charge in [-0.2, -0.15) is 0 Å². The Hall–Kier alpha value is -1.55. The maximum Gasteiger partial charge on any atom is 0.305 e. The molecule has 0 fully saturated rings. The van der Waals surface area contributed by atoms with Crippen molar-refractivity contribution in [2.45, 2.75) is 51.7 Å². The number of carbonyl (C=O) groups excluding carboxylic acids is 1. The third-order valence-electron chi connectivity index (χ3n) is 3.55. The molecule has 4 heteroatoms. The zero-order valence-corrected chi connectivity index (χ0v) is 12.2. The van der Waals surface area contributed by atoms with Crippen LogP contribution in [-0.2, 0) is 16.0 Å². The quantitative estimate of drug-likeness (QED) is 0.812. The summed E-state index contributed by atoms with van der Waals surface area (Å²) < 4.78 is 10.6. The van der Waals surface area contributed by atoms with Crippen LogP contribution in [0.1, 0.15) is 50.3 Å². The molecular weight excluding hydrogens is 254 g/mol. The zero-order valence-electron chi connectivity index (χ0n) is 12.2. The summed E-state index contributed by atoms with van der Waals surface area (Å²) in [5.41, 5.74) is 8.54. The molecule has 0 aromatic heterocycles. The molecule has 4 nitrogen and oxygen atoms in total. The Kier molecular flexibility index (Phi) is 5.01. The molecule has 0 spiro atoms. The highest BCUT2D eigenvalue weighted by atomic mass is 16.5. The summed E-state index contributed by atoms with van der Waals surface area (Å²) in [5, 5.41) is 0. The molecule has 2 unspecified atom stereocenters. The number of hydrogen-bond acceptors (Lipinski definition) is 4. The zero-order chi connectivity index (χ0) is 14.5. The lowest BCUT2D eigenvalue weighted by molar-refractivity contribution is -0.143. The molecule has 1 aliphatic rings. The van der Waals surface area contributed by atoms with Crippen LogP contribution < -0.4 is 10.5 Å². The van der Waals surface area contributed by atoms with E-state index in [-0.39, 0.29) is 18.1 Å². The minimum absolute atomic E-state index is 0.0365. The molecule has 0 amide bonds. The van der Waals surface area contributed by atoms with Crippen molar-refractivity contribution >= 4 is 5.97 Å². The van der Waals surface area contributed by atoms with E-state index in [0.717, 1.165) is 30.6 Å². The molecule has 0 bridgehead atoms. The van der Waals surface area contributed by atoms with E-state index < -0.39 is 0 Å². The molecule has 1 heterocycles. The third-order valence-corrected chi connectivity index (χ3v) is 3.55. The molecule has 20 heavy (non-hydrogen) atoms. The molecule has 1 aromatic carbocycles. The monoisotopic (exact) mass is 277 g/mol. The average Bonchev–Trinajstić information content (AvgIpc) is 2.77. The van der Waals surface area contributed by atoms with Crippen molar-refractivity contribution in [3.05, 3.63) is 29.3 Å². The molecule has 1 aromatic rings. The van der Waals surface area contributed by atoms with Crippen molar-refractivity contribution in [1.29, 1.82) is 0 Å². The van der Waals surface area contributed by atoms with E-state index in [0.29, 0.717) is 13.0 Å². The highest BCUT2D eigenvalue weighted by molar-refractivity contribution is 5.69. The molecular formula is C16H23NO3. The number of nitrogens with two attached hydrogens (primary N) is 1. The van der Waals surface area contributed by atoms with Crippen molar-refractivity contribution in [2.24, 2.45) is 5.73 Å². The molecule has 0 aliphatic carbocycles. The Morgan fingerprint density at radius 3 is 3.10 bits per heavy atom. The standard InChI is InChI=1S/C16H23NO3/c1-3-19-16(18)6-4-5-14(17)12-7-8-15-13(10-12)9-11(2)20-15/h7-8,10-11,14H,3-6,9,17H2,1-2H3. The van der Waals surface area contributed by atoms with Gasteiger partial charge in [-0.1, -0.05) is 12.1 Å². The Labute approximate surface area is 120 Å². The Bertz CT molecular complexity index is 473. The second-order valence-corrected chi connectivity index (χ2v) is 5.30. The summed E-state index contributed by atoms with van der Waals surface area (Å²) >= 11 is 0. The van der Waals surface area contributed by atoms with Crippen LogP contribution in [0.25, 0.3) is 0 Å². The molecule has 0 saturated heterocycles. The second-order valence-electron chi connectivity index (χ2n) is 5.30. The fourth-order valence-electron chi connectivity index (χ4n) is 2.54. The fourth-order valence-corrected chi connectivity index (χ4v) is 2.54. The van der Waals surface area contributed by atoms with Gasteiger partial charge < -0.3 is 15.2 Å². The van der Waals surface area contributed by atoms with Gasteiger partial charge in [-0.15, -0.1) is 0 Å². The Morgan fingerprint density at radius 2 is 2.35 bits per heavy atom. The largest absolute Gasteiger partial charge is 0.490 e. The maximum atomic E-state index is 11.3. The molecule has 2 rings (SSSR count). The van der Waals surface area contributed by atoms with E-state index in [9.17, 15) is 4.79 Å². The van der Waals surface area contributed by atoms with E-state index in [4.69, 9.17) is 15.2 Å². The number of hydrogen-bond donors (Lipinski definition) is 1. The fraction of sp³-hybridized carbons (Fsp3) is 0.562. The van der Waals surface area contributed by atoms with Crippen LogP contribution in [-0.4, -0.2) is 18.7 Å². The van der Waals surface area contributed by atoms with E-state index >= 15 is 0 Å². The van der Waals surface area contributed by atoms with E-state index in [2.05, 4.69) is 13.0 Å². The van der Waals surface area contributed by atoms with Crippen LogP contribution in [0.2, 0.25) is 0 Å². The lowest BCUT2D eigenvalue weighted by atomic mass is 9.98. The first-order valence-electron chi connectivity index (χ1n) is 7.30. The van der Waals surface area contributed by atoms with Crippen molar-refractivity contribution in [2.75, 3.05) is 6.61 Å². The topological polar surface area (TPSA) is 61.5 Å². The lowest BCUT2D eigenvalue weighted by Gasteiger charge is -2.12. The number of rotatable bonds is 6. The molecule has 1 aliphatic heterocycles. The normalized spacial score (nSPS) is 18.2. The van der Waals surface area contributed by atoms with Crippen molar-refractivity contribution in [3.63, 3.8) is 0 Å². The molecule has 0 saturated carbocycles. The molecule has 2 atom stereocenters. The van der Waals surface area contributed by atoms with Crippen LogP contribution in [0.3, 0.4) is 0 Å². The Balaban J connectivity index is 1.85. The van der Waals surface area contributed by atoms with Gasteiger partial charge in [-0.3, -0.25) is 4.79 Å². The highest BCUT2D eigenvalue weighted by Gasteiger charge is 2.20. The van der Waals surface area contributed by atoms with Gasteiger partial charge in [0.1, 0.15) is 11.9 Å². The predicted octanol–water partition coefficient (Wildman–Crippen LogP) is 2.74. The van der Waals surface area contributed by atoms with E-state index in [1.807, 2.05) is 19.1 Å². The molecule has 110 valence electrons. The number of esters is 1. The number of ether oxygens (including phenoxy) is 2. The SMILES string of the molecule is CCOC(=O)CCCC(N)c1ccc2c(c1)CC(C)O2. The lowest BCUT2D eigenvalue weighted by Crippen LogP contribution is -2.12. The van der Waals surface area contributed by atoms with Crippen LogP contribution >= 0.6 is 0 Å². The first-order valence-corrected chi connectivity index (χ1v) is 7.30. The Morgan fingerprint density at radius 1 is 1.55 bits per heavy atom. The van der Waals surface area contributed by atoms with E-state index in [1.54, 1.807) is 0 Å². The minimum Gasteiger partial charge on any atom is -0.490 e. The van der Waals surface area contributed by atoms with Gasteiger partial charge in [-0.25, -0.2) is 0 Å². The van der Waals surface area contributed by atoms with Gasteiger partial charge in [0, 0.05) is 18.9 Å². The van der Waals surface area contributed by atoms with Crippen molar-refractivity contribution < 1.29 is 14.3 Å². The second kappa shape index (κ2) is 6.75. The summed E-state index contributed by atoms with van der Waals surface area (Å²) in [6.07, 6.45) is 3.17. The highest BCUT2D eigenvalue weighted by Crippen LogP contribution is 2.31. The maximum absolute atomic E-state index is 11.3. The number of carbonyl (C=O) groups is 1. The number of fused-ring (bicyclic) bond motifs is 1. The van der Waals surface area contributed by atoms with Crippen LogP contribution in [0, 0.1) is 0 Å².